The Morgan fingerprint density at radius 2 is 2.33 bits per heavy atom. The molecule has 0 aliphatic heterocycles. The monoisotopic (exact) mass is 210 g/mol. The number of hydrogen-bond donors (Lipinski definition) is 1. The van der Waals surface area contributed by atoms with E-state index in [-0.39, 0.29) is 11.8 Å². The van der Waals surface area contributed by atoms with Crippen LogP contribution in [0.25, 0.3) is 0 Å². The summed E-state index contributed by atoms with van der Waals surface area (Å²) in [6.07, 6.45) is 5.88. The molecule has 0 aromatic heterocycles. The molecule has 0 spiro atoms. The minimum Gasteiger partial charge on any atom is -0.389 e. The quantitative estimate of drug-likeness (QED) is 0.777. The van der Waals surface area contributed by atoms with Gasteiger partial charge in [-0.2, -0.15) is 0 Å². The molecular weight excluding hydrogens is 188 g/mol. The molecule has 2 aliphatic carbocycles. The van der Waals surface area contributed by atoms with Crippen LogP contribution in [0, 0.1) is 17.8 Å². The van der Waals surface area contributed by atoms with Gasteiger partial charge in [0.25, 0.3) is 0 Å². The van der Waals surface area contributed by atoms with Gasteiger partial charge in [0.15, 0.2) is 0 Å². The van der Waals surface area contributed by atoms with Gasteiger partial charge in [-0.1, -0.05) is 26.7 Å². The standard InChI is InChI=1S/C13H22O2/c1-3-9(2)12(14)11-7-10-5-4-6-13(11,15)8-10/h9-11,15H,3-8H2,1-2H3/t9?,10-,11+,13+/m1/s1. The average molecular weight is 210 g/mol. The number of rotatable bonds is 3. The van der Waals surface area contributed by atoms with Crippen molar-refractivity contribution in [3.05, 3.63) is 0 Å². The van der Waals surface area contributed by atoms with Crippen molar-refractivity contribution < 1.29 is 9.90 Å². The molecule has 2 aliphatic rings. The zero-order valence-electron chi connectivity index (χ0n) is 9.83. The van der Waals surface area contributed by atoms with Gasteiger partial charge in [0.05, 0.1) is 5.60 Å². The smallest absolute Gasteiger partial charge is 0.141 e. The summed E-state index contributed by atoms with van der Waals surface area (Å²) in [5, 5.41) is 10.5. The van der Waals surface area contributed by atoms with Crippen LogP contribution in [-0.4, -0.2) is 16.5 Å². The predicted octanol–water partition coefficient (Wildman–Crippen LogP) is 2.54. The maximum Gasteiger partial charge on any atom is 0.141 e. The van der Waals surface area contributed by atoms with Crippen LogP contribution in [0.4, 0.5) is 0 Å². The van der Waals surface area contributed by atoms with E-state index in [1.165, 1.54) is 6.42 Å². The van der Waals surface area contributed by atoms with Crippen LogP contribution >= 0.6 is 0 Å². The first-order valence-corrected chi connectivity index (χ1v) is 6.33. The molecule has 0 radical (unpaired) electrons. The van der Waals surface area contributed by atoms with Gasteiger partial charge in [-0.3, -0.25) is 4.79 Å². The van der Waals surface area contributed by atoms with Crippen molar-refractivity contribution in [1.82, 2.24) is 0 Å². The second-order valence-electron chi connectivity index (χ2n) is 5.57. The zero-order chi connectivity index (χ0) is 11.1. The summed E-state index contributed by atoms with van der Waals surface area (Å²) < 4.78 is 0. The highest BCUT2D eigenvalue weighted by Crippen LogP contribution is 2.49. The topological polar surface area (TPSA) is 37.3 Å². The Kier molecular flexibility index (Phi) is 2.89. The second-order valence-corrected chi connectivity index (χ2v) is 5.57. The van der Waals surface area contributed by atoms with E-state index < -0.39 is 5.60 Å². The number of ketones is 1. The number of Topliss-reactive ketones (excluding diaryl/α,β-unsaturated/α-hetero) is 1. The van der Waals surface area contributed by atoms with E-state index in [9.17, 15) is 9.90 Å². The fourth-order valence-electron chi connectivity index (χ4n) is 3.40. The largest absolute Gasteiger partial charge is 0.389 e. The molecule has 0 amide bonds. The molecule has 1 unspecified atom stereocenters. The highest BCUT2D eigenvalue weighted by molar-refractivity contribution is 5.84. The van der Waals surface area contributed by atoms with Gasteiger partial charge < -0.3 is 5.11 Å². The van der Waals surface area contributed by atoms with Crippen LogP contribution in [0.5, 0.6) is 0 Å². The lowest BCUT2D eigenvalue weighted by atomic mass is 9.78. The van der Waals surface area contributed by atoms with E-state index >= 15 is 0 Å². The lowest BCUT2D eigenvalue weighted by Crippen LogP contribution is -2.40. The van der Waals surface area contributed by atoms with Crippen molar-refractivity contribution in [2.45, 2.75) is 58.0 Å². The first kappa shape index (κ1) is 11.1. The molecular formula is C13H22O2. The molecule has 4 atom stereocenters. The Labute approximate surface area is 92.1 Å². The Bertz CT molecular complexity index is 261. The third-order valence-corrected chi connectivity index (χ3v) is 4.52. The summed E-state index contributed by atoms with van der Waals surface area (Å²) in [5.74, 6) is 0.990. The first-order chi connectivity index (χ1) is 7.07. The van der Waals surface area contributed by atoms with Crippen LogP contribution in [0.2, 0.25) is 0 Å². The third-order valence-electron chi connectivity index (χ3n) is 4.52. The van der Waals surface area contributed by atoms with Crippen molar-refractivity contribution in [2.24, 2.45) is 17.8 Å². The van der Waals surface area contributed by atoms with Crippen molar-refractivity contribution in [1.29, 1.82) is 0 Å². The molecule has 2 bridgehead atoms. The highest BCUT2D eigenvalue weighted by Gasteiger charge is 2.51. The van der Waals surface area contributed by atoms with Gasteiger partial charge in [-0.25, -0.2) is 0 Å². The Balaban J connectivity index is 2.13. The molecule has 2 fully saturated rings. The van der Waals surface area contributed by atoms with E-state index in [0.717, 1.165) is 32.1 Å². The Morgan fingerprint density at radius 3 is 2.93 bits per heavy atom. The maximum atomic E-state index is 12.2. The fraction of sp³-hybridized carbons (Fsp3) is 0.923. The SMILES string of the molecule is CCC(C)C(=O)[C@@H]1C[C@H]2CCC[C@]1(O)C2. The zero-order valence-corrected chi connectivity index (χ0v) is 9.83. The molecule has 0 saturated heterocycles. The number of hydrogen-bond acceptors (Lipinski definition) is 2. The molecule has 2 heteroatoms. The average Bonchev–Trinajstić information content (AvgIpc) is 2.46. The van der Waals surface area contributed by atoms with E-state index in [1.807, 2.05) is 13.8 Å². The molecule has 86 valence electrons. The summed E-state index contributed by atoms with van der Waals surface area (Å²) in [5.41, 5.74) is -0.635. The van der Waals surface area contributed by atoms with Crippen LogP contribution in [0.3, 0.4) is 0 Å². The van der Waals surface area contributed by atoms with Crippen molar-refractivity contribution in [2.75, 3.05) is 0 Å². The Hall–Kier alpha value is -0.370. The normalized spacial score (nSPS) is 41.5. The van der Waals surface area contributed by atoms with Crippen LogP contribution in [0.1, 0.15) is 52.4 Å². The van der Waals surface area contributed by atoms with Gasteiger partial charge in [0.1, 0.15) is 5.78 Å². The Morgan fingerprint density at radius 1 is 1.60 bits per heavy atom. The fourth-order valence-corrected chi connectivity index (χ4v) is 3.40. The van der Waals surface area contributed by atoms with Gasteiger partial charge in [0, 0.05) is 11.8 Å². The van der Waals surface area contributed by atoms with Crippen molar-refractivity contribution in [3.63, 3.8) is 0 Å². The van der Waals surface area contributed by atoms with E-state index in [0.29, 0.717) is 11.7 Å². The second kappa shape index (κ2) is 3.89. The number of carbonyl (C=O) groups excluding carboxylic acids is 1. The molecule has 2 nitrogen and oxygen atoms in total. The molecule has 0 heterocycles. The number of aliphatic hydroxyl groups is 1. The van der Waals surface area contributed by atoms with Gasteiger partial charge >= 0.3 is 0 Å². The molecule has 0 aromatic carbocycles. The van der Waals surface area contributed by atoms with Gasteiger partial charge in [-0.05, 0) is 31.6 Å². The van der Waals surface area contributed by atoms with Crippen molar-refractivity contribution in [3.8, 4) is 0 Å². The lowest BCUT2D eigenvalue weighted by Gasteiger charge is -2.32. The van der Waals surface area contributed by atoms with Gasteiger partial charge in [-0.15, -0.1) is 0 Å². The highest BCUT2D eigenvalue weighted by atomic mass is 16.3. The minimum atomic E-state index is -0.635. The summed E-state index contributed by atoms with van der Waals surface area (Å²) in [6, 6.07) is 0. The van der Waals surface area contributed by atoms with Crippen molar-refractivity contribution >= 4 is 5.78 Å². The first-order valence-electron chi connectivity index (χ1n) is 6.33. The van der Waals surface area contributed by atoms with Crippen LogP contribution in [-0.2, 0) is 4.79 Å². The summed E-state index contributed by atoms with van der Waals surface area (Å²) in [7, 11) is 0. The van der Waals surface area contributed by atoms with Gasteiger partial charge in [0.2, 0.25) is 0 Å². The minimum absolute atomic E-state index is 0.0556. The summed E-state index contributed by atoms with van der Waals surface area (Å²) in [6.45, 7) is 4.04. The van der Waals surface area contributed by atoms with Crippen LogP contribution < -0.4 is 0 Å². The molecule has 2 saturated carbocycles. The summed E-state index contributed by atoms with van der Waals surface area (Å²) in [4.78, 5) is 12.2. The molecule has 0 aromatic rings. The molecule has 15 heavy (non-hydrogen) atoms. The molecule has 1 N–H and O–H groups in total. The summed E-state index contributed by atoms with van der Waals surface area (Å²) >= 11 is 0. The number of carbonyl (C=O) groups is 1. The van der Waals surface area contributed by atoms with E-state index in [4.69, 9.17) is 0 Å². The predicted molar refractivity (Wildman–Crippen MR) is 59.5 cm³/mol. The number of fused-ring (bicyclic) bond motifs is 2. The molecule has 2 rings (SSSR count). The van der Waals surface area contributed by atoms with E-state index in [1.54, 1.807) is 0 Å². The lowest BCUT2D eigenvalue weighted by molar-refractivity contribution is -0.134. The van der Waals surface area contributed by atoms with Crippen LogP contribution in [0.15, 0.2) is 0 Å². The van der Waals surface area contributed by atoms with E-state index in [2.05, 4.69) is 0 Å². The maximum absolute atomic E-state index is 12.2. The third kappa shape index (κ3) is 1.84.